The molecule has 0 unspecified atom stereocenters. The molecular formula is C23H21FN2O4S. The zero-order chi connectivity index (χ0) is 21.4. The topological polar surface area (TPSA) is 64.8 Å². The van der Waals surface area contributed by atoms with Gasteiger partial charge in [-0.05, 0) is 37.3 Å². The number of aromatic nitrogens is 1. The molecule has 160 valence electrons. The zero-order valence-electron chi connectivity index (χ0n) is 17.0. The van der Waals surface area contributed by atoms with Crippen molar-refractivity contribution >= 4 is 38.4 Å². The average Bonchev–Trinajstić information content (AvgIpc) is 3.38. The van der Waals surface area contributed by atoms with Crippen molar-refractivity contribution in [3.63, 3.8) is 0 Å². The molecule has 31 heavy (non-hydrogen) atoms. The van der Waals surface area contributed by atoms with Gasteiger partial charge in [0.1, 0.15) is 11.9 Å². The number of hydrogen-bond acceptors (Lipinski definition) is 6. The number of para-hydroxylation sites is 1. The van der Waals surface area contributed by atoms with Crippen LogP contribution in [0.4, 0.5) is 4.39 Å². The smallest absolute Gasteiger partial charge is 0.289 e. The number of nitrogens with zero attached hydrogens (tertiary/aromatic N) is 2. The van der Waals surface area contributed by atoms with Crippen molar-refractivity contribution in [3.05, 3.63) is 54.0 Å². The lowest BCUT2D eigenvalue weighted by atomic mass is 10.1. The van der Waals surface area contributed by atoms with Gasteiger partial charge in [-0.25, -0.2) is 9.37 Å². The third kappa shape index (κ3) is 3.95. The van der Waals surface area contributed by atoms with Crippen LogP contribution in [0.15, 0.2) is 46.9 Å². The van der Waals surface area contributed by atoms with Crippen molar-refractivity contribution in [2.45, 2.75) is 25.9 Å². The summed E-state index contributed by atoms with van der Waals surface area (Å²) < 4.78 is 31.6. The monoisotopic (exact) mass is 440 g/mol. The number of ether oxygens (including phenoxy) is 2. The van der Waals surface area contributed by atoms with E-state index in [1.807, 2.05) is 25.1 Å². The summed E-state index contributed by atoms with van der Waals surface area (Å²) in [7, 11) is 0. The maximum absolute atomic E-state index is 13.4. The number of benzene rings is 2. The maximum Gasteiger partial charge on any atom is 0.289 e. The first-order valence-electron chi connectivity index (χ1n) is 10.3. The van der Waals surface area contributed by atoms with Gasteiger partial charge < -0.3 is 18.8 Å². The summed E-state index contributed by atoms with van der Waals surface area (Å²) in [6, 6.07) is 11.9. The molecule has 1 saturated heterocycles. The predicted molar refractivity (Wildman–Crippen MR) is 117 cm³/mol. The van der Waals surface area contributed by atoms with Gasteiger partial charge in [0.15, 0.2) is 17.1 Å². The van der Waals surface area contributed by atoms with E-state index < -0.39 is 0 Å². The van der Waals surface area contributed by atoms with E-state index in [0.29, 0.717) is 54.8 Å². The molecule has 1 aliphatic rings. The SMILES string of the molecule is CCOc1cccc2cc(C(=O)N3CCC(Oc4nc5ccc(F)cc5s4)CC3)oc12. The van der Waals surface area contributed by atoms with Crippen LogP contribution in [0.3, 0.4) is 0 Å². The molecule has 4 aromatic rings. The van der Waals surface area contributed by atoms with Gasteiger partial charge in [0.05, 0.1) is 16.8 Å². The second-order valence-electron chi connectivity index (χ2n) is 7.42. The Bertz CT molecular complexity index is 1240. The van der Waals surface area contributed by atoms with Crippen LogP contribution in [0.5, 0.6) is 10.9 Å². The first kappa shape index (κ1) is 19.8. The van der Waals surface area contributed by atoms with Crippen LogP contribution in [-0.4, -0.2) is 41.6 Å². The lowest BCUT2D eigenvalue weighted by molar-refractivity contribution is 0.0568. The number of fused-ring (bicyclic) bond motifs is 2. The van der Waals surface area contributed by atoms with E-state index >= 15 is 0 Å². The number of thiazole rings is 1. The number of likely N-dealkylation sites (tertiary alicyclic amines) is 1. The highest BCUT2D eigenvalue weighted by molar-refractivity contribution is 7.20. The summed E-state index contributed by atoms with van der Waals surface area (Å²) in [4.78, 5) is 19.2. The minimum Gasteiger partial charge on any atom is -0.490 e. The number of rotatable bonds is 5. The maximum atomic E-state index is 13.4. The van der Waals surface area contributed by atoms with Crippen molar-refractivity contribution in [3.8, 4) is 10.9 Å². The van der Waals surface area contributed by atoms with Crippen molar-refractivity contribution in [1.82, 2.24) is 9.88 Å². The van der Waals surface area contributed by atoms with Crippen molar-refractivity contribution in [2.24, 2.45) is 0 Å². The zero-order valence-corrected chi connectivity index (χ0v) is 17.8. The average molecular weight is 440 g/mol. The Morgan fingerprint density at radius 1 is 1.26 bits per heavy atom. The van der Waals surface area contributed by atoms with Gasteiger partial charge in [-0.2, -0.15) is 0 Å². The molecule has 0 radical (unpaired) electrons. The Balaban J connectivity index is 1.24. The fourth-order valence-corrected chi connectivity index (χ4v) is 4.72. The molecule has 2 aromatic heterocycles. The van der Waals surface area contributed by atoms with E-state index in [2.05, 4.69) is 4.98 Å². The van der Waals surface area contributed by atoms with Crippen LogP contribution in [-0.2, 0) is 0 Å². The molecular weight excluding hydrogens is 419 g/mol. The molecule has 3 heterocycles. The standard InChI is InChI=1S/C23H21FN2O4S/c1-2-28-18-5-3-4-14-12-19(30-21(14)18)22(27)26-10-8-16(9-11-26)29-23-25-17-7-6-15(24)13-20(17)31-23/h3-7,12-13,16H,2,8-11H2,1H3. The summed E-state index contributed by atoms with van der Waals surface area (Å²) >= 11 is 1.34. The van der Waals surface area contributed by atoms with Gasteiger partial charge in [-0.1, -0.05) is 23.5 Å². The van der Waals surface area contributed by atoms with Crippen molar-refractivity contribution in [1.29, 1.82) is 0 Å². The fraction of sp³-hybridized carbons (Fsp3) is 0.304. The first-order valence-corrected chi connectivity index (χ1v) is 11.1. The summed E-state index contributed by atoms with van der Waals surface area (Å²) in [6.45, 7) is 3.57. The minimum absolute atomic E-state index is 0.0327. The minimum atomic E-state index is -0.284. The van der Waals surface area contributed by atoms with Gasteiger partial charge >= 0.3 is 0 Å². The molecule has 8 heteroatoms. The van der Waals surface area contributed by atoms with E-state index in [1.165, 1.54) is 23.5 Å². The third-order valence-electron chi connectivity index (χ3n) is 5.35. The molecule has 6 nitrogen and oxygen atoms in total. The van der Waals surface area contributed by atoms with Crippen molar-refractivity contribution < 1.29 is 23.1 Å². The molecule has 1 amide bonds. The third-order valence-corrected chi connectivity index (χ3v) is 6.26. The summed E-state index contributed by atoms with van der Waals surface area (Å²) in [5.74, 6) is 0.539. The number of amides is 1. The molecule has 5 rings (SSSR count). The number of carbonyl (C=O) groups excluding carboxylic acids is 1. The highest BCUT2D eigenvalue weighted by Gasteiger charge is 2.27. The highest BCUT2D eigenvalue weighted by Crippen LogP contribution is 2.32. The van der Waals surface area contributed by atoms with Gasteiger partial charge in [-0.15, -0.1) is 0 Å². The van der Waals surface area contributed by atoms with Crippen LogP contribution in [0, 0.1) is 5.82 Å². The van der Waals surface area contributed by atoms with E-state index in [-0.39, 0.29) is 17.8 Å². The lowest BCUT2D eigenvalue weighted by Crippen LogP contribution is -2.41. The van der Waals surface area contributed by atoms with Crippen LogP contribution in [0.25, 0.3) is 21.2 Å². The molecule has 0 N–H and O–H groups in total. The summed E-state index contributed by atoms with van der Waals surface area (Å²) in [6.07, 6.45) is 1.36. The number of furan rings is 1. The number of hydrogen-bond donors (Lipinski definition) is 0. The Morgan fingerprint density at radius 3 is 2.90 bits per heavy atom. The molecule has 1 fully saturated rings. The number of piperidine rings is 1. The summed E-state index contributed by atoms with van der Waals surface area (Å²) in [5.41, 5.74) is 1.32. The Hall–Kier alpha value is -3.13. The second kappa shape index (κ2) is 8.19. The van der Waals surface area contributed by atoms with Crippen LogP contribution in [0.2, 0.25) is 0 Å². The quantitative estimate of drug-likeness (QED) is 0.423. The normalized spacial score (nSPS) is 15.0. The molecule has 0 bridgehead atoms. The summed E-state index contributed by atoms with van der Waals surface area (Å²) in [5, 5.41) is 1.38. The van der Waals surface area contributed by atoms with Gasteiger partial charge in [-0.3, -0.25) is 4.79 Å². The second-order valence-corrected chi connectivity index (χ2v) is 8.41. The Labute approximate surface area is 182 Å². The van der Waals surface area contributed by atoms with E-state index in [9.17, 15) is 9.18 Å². The highest BCUT2D eigenvalue weighted by atomic mass is 32.1. The van der Waals surface area contributed by atoms with E-state index in [0.717, 1.165) is 15.6 Å². The molecule has 2 aromatic carbocycles. The fourth-order valence-electron chi connectivity index (χ4n) is 3.81. The first-order chi connectivity index (χ1) is 15.1. The molecule has 1 aliphatic heterocycles. The predicted octanol–water partition coefficient (Wildman–Crippen LogP) is 5.26. The van der Waals surface area contributed by atoms with Gasteiger partial charge in [0.25, 0.3) is 11.1 Å². The Morgan fingerprint density at radius 2 is 2.10 bits per heavy atom. The van der Waals surface area contributed by atoms with Gasteiger partial charge in [0.2, 0.25) is 0 Å². The molecule has 0 aliphatic carbocycles. The lowest BCUT2D eigenvalue weighted by Gasteiger charge is -2.31. The number of halogens is 1. The van der Waals surface area contributed by atoms with Crippen LogP contribution in [0.1, 0.15) is 30.3 Å². The van der Waals surface area contributed by atoms with Crippen LogP contribution >= 0.6 is 11.3 Å². The number of carbonyl (C=O) groups is 1. The van der Waals surface area contributed by atoms with E-state index in [4.69, 9.17) is 13.9 Å². The van der Waals surface area contributed by atoms with Crippen molar-refractivity contribution in [2.75, 3.05) is 19.7 Å². The Kier molecular flexibility index (Phi) is 5.23. The van der Waals surface area contributed by atoms with Crippen LogP contribution < -0.4 is 9.47 Å². The van der Waals surface area contributed by atoms with E-state index in [1.54, 1.807) is 17.0 Å². The molecule has 0 atom stereocenters. The largest absolute Gasteiger partial charge is 0.490 e. The molecule has 0 spiro atoms. The van der Waals surface area contributed by atoms with Gasteiger partial charge in [0, 0.05) is 31.3 Å². The molecule has 0 saturated carbocycles.